The summed E-state index contributed by atoms with van der Waals surface area (Å²) in [4.78, 5) is 47.8. The fourth-order valence-corrected chi connectivity index (χ4v) is 12.4. The molecule has 8 aliphatic rings. The predicted molar refractivity (Wildman–Crippen MR) is 288 cm³/mol. The standard InChI is InChI=1S/2C28H35F3N6O2/c2*1-18-2-3-22(33-26(38)36-5-4-19(15-36)13-28(29,30)31)12-23(18)20-10-24(35-6-8-39-9-7-35)34-25(11-20)37-16-21-14-27(21,32)17-37/h2*2-3,10-12,19,21H,4-9,13-17,32H2,1H3,(H,33,38)/t19-,21?,27+;19-,21?,27-/m00/s1. The van der Waals surface area contributed by atoms with Gasteiger partial charge < -0.3 is 61.0 Å². The number of rotatable bonds is 10. The second-order valence-corrected chi connectivity index (χ2v) is 23.1. The van der Waals surface area contributed by atoms with Gasteiger partial charge in [0.15, 0.2) is 0 Å². The first-order chi connectivity index (χ1) is 37.1. The van der Waals surface area contributed by atoms with Gasteiger partial charge in [0.2, 0.25) is 0 Å². The van der Waals surface area contributed by atoms with E-state index in [1.165, 1.54) is 9.80 Å². The Kier molecular flexibility index (Phi) is 14.6. The number of piperidine rings is 2. The summed E-state index contributed by atoms with van der Waals surface area (Å²) in [6.07, 6.45) is -7.30. The summed E-state index contributed by atoms with van der Waals surface area (Å²) >= 11 is 0. The number of nitrogens with zero attached hydrogens (tertiary/aromatic N) is 8. The number of ether oxygens (including phenoxy) is 2. The second kappa shape index (κ2) is 21.2. The third kappa shape index (κ3) is 12.4. The number of morpholine rings is 2. The van der Waals surface area contributed by atoms with E-state index < -0.39 is 37.0 Å². The lowest BCUT2D eigenvalue weighted by molar-refractivity contribution is -0.144. The van der Waals surface area contributed by atoms with Crippen LogP contribution in [-0.4, -0.2) is 160 Å². The number of likely N-dealkylation sites (tertiary alicyclic amines) is 2. The van der Waals surface area contributed by atoms with E-state index in [2.05, 4.69) is 54.5 Å². The molecule has 8 heterocycles. The Bertz CT molecular complexity index is 2690. The molecular formula is C56H70F6N12O4. The normalized spacial score (nSPS) is 26.6. The van der Waals surface area contributed by atoms with E-state index in [-0.39, 0.29) is 36.2 Å². The van der Waals surface area contributed by atoms with E-state index in [1.54, 1.807) is 0 Å². The van der Waals surface area contributed by atoms with Gasteiger partial charge in [0.1, 0.15) is 23.3 Å². The molecule has 22 heteroatoms. The molecule has 8 fully saturated rings. The second-order valence-electron chi connectivity index (χ2n) is 23.1. The maximum Gasteiger partial charge on any atom is 0.389 e. The smallest absolute Gasteiger partial charge is 0.378 e. The van der Waals surface area contributed by atoms with E-state index in [0.717, 1.165) is 122 Å². The number of amides is 4. The largest absolute Gasteiger partial charge is 0.389 e. The number of pyridine rings is 2. The highest BCUT2D eigenvalue weighted by Gasteiger charge is 2.58. The van der Waals surface area contributed by atoms with E-state index in [9.17, 15) is 35.9 Å². The number of anilines is 6. The highest BCUT2D eigenvalue weighted by Crippen LogP contribution is 2.50. The highest BCUT2D eigenvalue weighted by atomic mass is 19.4. The molecule has 2 unspecified atom stereocenters. The zero-order valence-electron chi connectivity index (χ0n) is 44.3. The molecule has 0 bridgehead atoms. The quantitative estimate of drug-likeness (QED) is 0.112. The summed E-state index contributed by atoms with van der Waals surface area (Å²) in [5.74, 6) is 3.48. The van der Waals surface area contributed by atoms with Crippen molar-refractivity contribution in [2.75, 3.05) is 135 Å². The molecule has 2 aromatic heterocycles. The van der Waals surface area contributed by atoms with Gasteiger partial charge >= 0.3 is 24.4 Å². The fourth-order valence-electron chi connectivity index (χ4n) is 12.4. The van der Waals surface area contributed by atoms with Crippen LogP contribution >= 0.6 is 0 Å². The zero-order chi connectivity index (χ0) is 54.7. The lowest BCUT2D eigenvalue weighted by Gasteiger charge is -2.30. The number of hydrogen-bond donors (Lipinski definition) is 4. The number of carbonyl (C=O) groups is 2. The monoisotopic (exact) mass is 1090 g/mol. The van der Waals surface area contributed by atoms with Gasteiger partial charge in [0.05, 0.1) is 26.4 Å². The molecule has 420 valence electrons. The van der Waals surface area contributed by atoms with Gasteiger partial charge in [-0.2, -0.15) is 26.3 Å². The van der Waals surface area contributed by atoms with Crippen LogP contribution in [0.5, 0.6) is 0 Å². The van der Waals surface area contributed by atoms with Crippen molar-refractivity contribution in [1.82, 2.24) is 19.8 Å². The molecule has 6 saturated heterocycles. The van der Waals surface area contributed by atoms with Crippen molar-refractivity contribution < 1.29 is 45.4 Å². The molecule has 12 rings (SSSR count). The number of nitrogens with two attached hydrogens (primary N) is 2. The van der Waals surface area contributed by atoms with Crippen LogP contribution in [0.4, 0.5) is 70.6 Å². The van der Waals surface area contributed by atoms with Crippen molar-refractivity contribution in [2.45, 2.75) is 75.8 Å². The van der Waals surface area contributed by atoms with Crippen molar-refractivity contribution in [3.05, 3.63) is 71.8 Å². The predicted octanol–water partition coefficient (Wildman–Crippen LogP) is 8.47. The van der Waals surface area contributed by atoms with Crippen LogP contribution in [0.1, 0.15) is 49.7 Å². The van der Waals surface area contributed by atoms with Gasteiger partial charge in [0.25, 0.3) is 0 Å². The van der Waals surface area contributed by atoms with E-state index in [1.807, 2.05) is 50.2 Å². The minimum absolute atomic E-state index is 0.106. The fraction of sp³-hybridized carbons (Fsp3) is 0.571. The number of hydrogen-bond acceptors (Lipinski definition) is 12. The van der Waals surface area contributed by atoms with Gasteiger partial charge in [-0.25, -0.2) is 19.6 Å². The van der Waals surface area contributed by atoms with Gasteiger partial charge in [-0.05, 0) is 145 Å². The highest BCUT2D eigenvalue weighted by molar-refractivity contribution is 5.92. The van der Waals surface area contributed by atoms with Crippen LogP contribution in [0.3, 0.4) is 0 Å². The van der Waals surface area contributed by atoms with Crippen LogP contribution in [-0.2, 0) is 9.47 Å². The third-order valence-electron chi connectivity index (χ3n) is 17.1. The maximum atomic E-state index is 12.9. The van der Waals surface area contributed by atoms with E-state index in [0.29, 0.717) is 75.6 Å². The lowest BCUT2D eigenvalue weighted by atomic mass is 10.00. The zero-order valence-corrected chi connectivity index (χ0v) is 44.3. The Morgan fingerprint density at radius 1 is 0.564 bits per heavy atom. The van der Waals surface area contributed by atoms with Gasteiger partial charge in [-0.3, -0.25) is 0 Å². The average molecular weight is 1090 g/mol. The number of urea groups is 2. The molecule has 2 aromatic carbocycles. The first-order valence-electron chi connectivity index (χ1n) is 27.4. The van der Waals surface area contributed by atoms with E-state index >= 15 is 0 Å². The molecule has 2 saturated carbocycles. The van der Waals surface area contributed by atoms with Crippen LogP contribution in [0.15, 0.2) is 60.7 Å². The lowest BCUT2D eigenvalue weighted by Crippen LogP contribution is -2.37. The number of halogens is 6. The Morgan fingerprint density at radius 3 is 1.28 bits per heavy atom. The van der Waals surface area contributed by atoms with Crippen LogP contribution in [0, 0.1) is 37.5 Å². The van der Waals surface area contributed by atoms with Crippen molar-refractivity contribution in [3.63, 3.8) is 0 Å². The van der Waals surface area contributed by atoms with Crippen molar-refractivity contribution in [1.29, 1.82) is 0 Å². The topological polar surface area (TPSA) is 174 Å². The summed E-state index contributed by atoms with van der Waals surface area (Å²) in [6, 6.07) is 19.0. The summed E-state index contributed by atoms with van der Waals surface area (Å²) < 4.78 is 87.9. The molecule has 78 heavy (non-hydrogen) atoms. The Hall–Kier alpha value is -6.10. The van der Waals surface area contributed by atoms with Crippen LogP contribution < -0.4 is 41.7 Å². The van der Waals surface area contributed by atoms with Gasteiger partial charge in [-0.1, -0.05) is 12.1 Å². The molecule has 6 atom stereocenters. The van der Waals surface area contributed by atoms with Crippen LogP contribution in [0.2, 0.25) is 0 Å². The molecule has 0 radical (unpaired) electrons. The third-order valence-corrected chi connectivity index (χ3v) is 17.1. The summed E-state index contributed by atoms with van der Waals surface area (Å²) in [5.41, 5.74) is 20.0. The first-order valence-corrected chi connectivity index (χ1v) is 27.4. The number of nitrogens with one attached hydrogen (secondary N) is 2. The minimum atomic E-state index is -4.22. The van der Waals surface area contributed by atoms with E-state index in [4.69, 9.17) is 30.9 Å². The molecule has 6 aliphatic heterocycles. The number of benzene rings is 2. The SMILES string of the molecule is Cc1ccc(NC(=O)N2CC[C@@H](CC(F)(F)F)C2)cc1-c1cc(N2CCOCC2)nc(N2CC3C[C@@]3(N)C2)c1.Cc1ccc(NC(=O)N2CC[C@@H](CC(F)(F)F)C2)cc1-c1cc(N2CCOCC2)nc(N2CC3C[C@]3(N)C2)c1. The number of aryl methyl sites for hydroxylation is 2. The van der Waals surface area contributed by atoms with Gasteiger partial charge in [0, 0.05) is 114 Å². The maximum absolute atomic E-state index is 12.9. The van der Waals surface area contributed by atoms with Crippen molar-refractivity contribution in [3.8, 4) is 22.3 Å². The molecular weight excluding hydrogens is 1020 g/mol. The van der Waals surface area contributed by atoms with Crippen molar-refractivity contribution >= 4 is 46.7 Å². The Labute approximate surface area is 450 Å². The number of carbonyl (C=O) groups excluding carboxylic acids is 2. The molecule has 4 amide bonds. The molecule has 4 aromatic rings. The van der Waals surface area contributed by atoms with Gasteiger partial charge in [-0.15, -0.1) is 0 Å². The Balaban J connectivity index is 0.000000165. The number of aromatic nitrogens is 2. The first kappa shape index (κ1) is 53.9. The molecule has 16 nitrogen and oxygen atoms in total. The molecule has 2 aliphatic carbocycles. The van der Waals surface area contributed by atoms with Crippen molar-refractivity contribution in [2.24, 2.45) is 35.1 Å². The average Bonchev–Trinajstić information content (AvgIpc) is 3.79. The van der Waals surface area contributed by atoms with Crippen LogP contribution in [0.25, 0.3) is 22.3 Å². The number of alkyl halides is 6. The number of fused-ring (bicyclic) bond motifs is 2. The summed E-state index contributed by atoms with van der Waals surface area (Å²) in [7, 11) is 0. The minimum Gasteiger partial charge on any atom is -0.378 e. The molecule has 0 spiro atoms. The summed E-state index contributed by atoms with van der Waals surface area (Å²) in [6.45, 7) is 14.0. The molecule has 6 N–H and O–H groups in total. The Morgan fingerprint density at radius 2 is 0.936 bits per heavy atom. The summed E-state index contributed by atoms with van der Waals surface area (Å²) in [5, 5.41) is 5.81.